The minimum Gasteiger partial charge on any atom is -0.330 e. The van der Waals surface area contributed by atoms with E-state index >= 15 is 0 Å². The van der Waals surface area contributed by atoms with Crippen LogP contribution in [-0.2, 0) is 12.8 Å². The van der Waals surface area contributed by atoms with Gasteiger partial charge in [0.05, 0.1) is 0 Å². The summed E-state index contributed by atoms with van der Waals surface area (Å²) in [4.78, 5) is 2.51. The summed E-state index contributed by atoms with van der Waals surface area (Å²) in [6.45, 7) is 1.41. The van der Waals surface area contributed by atoms with E-state index < -0.39 is 0 Å². The van der Waals surface area contributed by atoms with Crippen molar-refractivity contribution in [3.05, 3.63) is 59.7 Å². The normalized spacial score (nSPS) is 10.6. The maximum absolute atomic E-state index is 5.55. The first-order valence-corrected chi connectivity index (χ1v) is 7.39. The van der Waals surface area contributed by atoms with Gasteiger partial charge < -0.3 is 11.5 Å². The van der Waals surface area contributed by atoms with Gasteiger partial charge >= 0.3 is 0 Å². The molecule has 2 rings (SSSR count). The standard InChI is InChI=1S/C16H20N2S/c17-11-9-13-1-5-15(6-2-13)19-16-7-3-14(4-8-16)10-12-18/h1-8H,9-12,17-18H2. The van der Waals surface area contributed by atoms with E-state index in [2.05, 4.69) is 48.5 Å². The van der Waals surface area contributed by atoms with Crippen LogP contribution in [-0.4, -0.2) is 13.1 Å². The van der Waals surface area contributed by atoms with Crippen molar-refractivity contribution in [3.63, 3.8) is 0 Å². The lowest BCUT2D eigenvalue weighted by molar-refractivity contribution is 0.966. The zero-order valence-corrected chi connectivity index (χ0v) is 11.8. The highest BCUT2D eigenvalue weighted by molar-refractivity contribution is 7.99. The molecule has 0 amide bonds. The smallest absolute Gasteiger partial charge is 0.0122 e. The molecule has 0 atom stereocenters. The van der Waals surface area contributed by atoms with Gasteiger partial charge in [-0.3, -0.25) is 0 Å². The molecule has 19 heavy (non-hydrogen) atoms. The summed E-state index contributed by atoms with van der Waals surface area (Å²) in [5.74, 6) is 0. The molecule has 0 saturated carbocycles. The Kier molecular flexibility index (Phi) is 5.45. The fourth-order valence-electron chi connectivity index (χ4n) is 1.92. The Morgan fingerprint density at radius 1 is 0.632 bits per heavy atom. The number of benzene rings is 2. The van der Waals surface area contributed by atoms with Crippen molar-refractivity contribution < 1.29 is 0 Å². The van der Waals surface area contributed by atoms with E-state index in [1.807, 2.05) is 0 Å². The average molecular weight is 272 g/mol. The molecule has 0 aliphatic rings. The molecule has 0 unspecified atom stereocenters. The first-order valence-electron chi connectivity index (χ1n) is 6.57. The third-order valence-electron chi connectivity index (χ3n) is 2.95. The van der Waals surface area contributed by atoms with Gasteiger partial charge in [-0.15, -0.1) is 0 Å². The van der Waals surface area contributed by atoms with Crippen molar-refractivity contribution >= 4 is 11.8 Å². The SMILES string of the molecule is NCCc1ccc(Sc2ccc(CCN)cc2)cc1. The maximum atomic E-state index is 5.55. The van der Waals surface area contributed by atoms with Gasteiger partial charge in [0.1, 0.15) is 0 Å². The van der Waals surface area contributed by atoms with Gasteiger partial charge in [0, 0.05) is 9.79 Å². The van der Waals surface area contributed by atoms with Gasteiger partial charge in [-0.25, -0.2) is 0 Å². The fourth-order valence-corrected chi connectivity index (χ4v) is 2.73. The molecule has 3 heteroatoms. The van der Waals surface area contributed by atoms with E-state index in [9.17, 15) is 0 Å². The summed E-state index contributed by atoms with van der Waals surface area (Å²) in [6, 6.07) is 17.2. The Hall–Kier alpha value is -1.29. The summed E-state index contributed by atoms with van der Waals surface area (Å²) < 4.78 is 0. The van der Waals surface area contributed by atoms with Gasteiger partial charge in [-0.1, -0.05) is 36.0 Å². The van der Waals surface area contributed by atoms with Crippen LogP contribution in [0.5, 0.6) is 0 Å². The average Bonchev–Trinajstić information content (AvgIpc) is 2.44. The fraction of sp³-hybridized carbons (Fsp3) is 0.250. The highest BCUT2D eigenvalue weighted by Crippen LogP contribution is 2.28. The molecule has 0 saturated heterocycles. The molecular weight excluding hydrogens is 252 g/mol. The molecular formula is C16H20N2S. The molecule has 0 spiro atoms. The van der Waals surface area contributed by atoms with Gasteiger partial charge in [0.2, 0.25) is 0 Å². The van der Waals surface area contributed by atoms with E-state index in [1.54, 1.807) is 11.8 Å². The lowest BCUT2D eigenvalue weighted by atomic mass is 10.1. The molecule has 2 aromatic rings. The van der Waals surface area contributed by atoms with Gasteiger partial charge in [-0.2, -0.15) is 0 Å². The lowest BCUT2D eigenvalue weighted by Crippen LogP contribution is -2.02. The predicted molar refractivity (Wildman–Crippen MR) is 82.5 cm³/mol. The third kappa shape index (κ3) is 4.39. The Labute approximate surface area is 119 Å². The summed E-state index contributed by atoms with van der Waals surface area (Å²) >= 11 is 1.78. The highest BCUT2D eigenvalue weighted by Gasteiger charge is 1.99. The largest absolute Gasteiger partial charge is 0.330 e. The van der Waals surface area contributed by atoms with Crippen molar-refractivity contribution in [2.75, 3.05) is 13.1 Å². The molecule has 0 aromatic heterocycles. The second-order valence-corrected chi connectivity index (χ2v) is 5.61. The van der Waals surface area contributed by atoms with Crippen LogP contribution in [0.2, 0.25) is 0 Å². The molecule has 0 heterocycles. The molecule has 0 aliphatic heterocycles. The second-order valence-electron chi connectivity index (χ2n) is 4.47. The molecule has 4 N–H and O–H groups in total. The summed E-state index contributed by atoms with van der Waals surface area (Å²) in [5.41, 5.74) is 13.7. The van der Waals surface area contributed by atoms with Crippen LogP contribution in [0, 0.1) is 0 Å². The Balaban J connectivity index is 1.99. The Morgan fingerprint density at radius 3 is 1.32 bits per heavy atom. The quantitative estimate of drug-likeness (QED) is 0.850. The lowest BCUT2D eigenvalue weighted by Gasteiger charge is -2.05. The van der Waals surface area contributed by atoms with E-state index in [4.69, 9.17) is 11.5 Å². The monoisotopic (exact) mass is 272 g/mol. The van der Waals surface area contributed by atoms with E-state index in [-0.39, 0.29) is 0 Å². The van der Waals surface area contributed by atoms with Crippen LogP contribution < -0.4 is 11.5 Å². The van der Waals surface area contributed by atoms with Gasteiger partial charge in [0.25, 0.3) is 0 Å². The Bertz CT molecular complexity index is 444. The molecule has 0 bridgehead atoms. The van der Waals surface area contributed by atoms with Crippen LogP contribution in [0.3, 0.4) is 0 Å². The van der Waals surface area contributed by atoms with Crippen LogP contribution in [0.25, 0.3) is 0 Å². The van der Waals surface area contributed by atoms with E-state index in [0.29, 0.717) is 13.1 Å². The predicted octanol–water partition coefficient (Wildman–Crippen LogP) is 2.84. The molecule has 0 radical (unpaired) electrons. The molecule has 100 valence electrons. The van der Waals surface area contributed by atoms with Crippen LogP contribution in [0.15, 0.2) is 58.3 Å². The number of hydrogen-bond donors (Lipinski definition) is 2. The highest BCUT2D eigenvalue weighted by atomic mass is 32.2. The summed E-state index contributed by atoms with van der Waals surface area (Å²) in [5, 5.41) is 0. The van der Waals surface area contributed by atoms with Gasteiger partial charge in [0.15, 0.2) is 0 Å². The van der Waals surface area contributed by atoms with Crippen molar-refractivity contribution in [1.82, 2.24) is 0 Å². The summed E-state index contributed by atoms with van der Waals surface area (Å²) in [6.07, 6.45) is 1.89. The van der Waals surface area contributed by atoms with Gasteiger partial charge in [-0.05, 0) is 61.3 Å². The van der Waals surface area contributed by atoms with Crippen molar-refractivity contribution in [2.45, 2.75) is 22.6 Å². The van der Waals surface area contributed by atoms with E-state index in [1.165, 1.54) is 20.9 Å². The maximum Gasteiger partial charge on any atom is 0.0122 e. The topological polar surface area (TPSA) is 52.0 Å². The first kappa shape index (κ1) is 14.1. The zero-order valence-electron chi connectivity index (χ0n) is 11.0. The molecule has 2 nitrogen and oxygen atoms in total. The number of hydrogen-bond acceptors (Lipinski definition) is 3. The Morgan fingerprint density at radius 2 is 1.00 bits per heavy atom. The molecule has 0 aliphatic carbocycles. The number of nitrogens with two attached hydrogens (primary N) is 2. The minimum absolute atomic E-state index is 0.703. The summed E-state index contributed by atoms with van der Waals surface area (Å²) in [7, 11) is 0. The van der Waals surface area contributed by atoms with Crippen molar-refractivity contribution in [1.29, 1.82) is 0 Å². The van der Waals surface area contributed by atoms with Crippen LogP contribution in [0.4, 0.5) is 0 Å². The molecule has 0 fully saturated rings. The second kappa shape index (κ2) is 7.34. The van der Waals surface area contributed by atoms with E-state index in [0.717, 1.165) is 12.8 Å². The van der Waals surface area contributed by atoms with Crippen molar-refractivity contribution in [2.24, 2.45) is 11.5 Å². The van der Waals surface area contributed by atoms with Crippen LogP contribution >= 0.6 is 11.8 Å². The third-order valence-corrected chi connectivity index (χ3v) is 3.96. The van der Waals surface area contributed by atoms with Crippen LogP contribution in [0.1, 0.15) is 11.1 Å². The minimum atomic E-state index is 0.703. The first-order chi connectivity index (χ1) is 9.31. The molecule has 2 aromatic carbocycles. The zero-order chi connectivity index (χ0) is 13.5. The van der Waals surface area contributed by atoms with Crippen molar-refractivity contribution in [3.8, 4) is 0 Å². The number of rotatable bonds is 6.